The lowest BCUT2D eigenvalue weighted by Crippen LogP contribution is -3.00. The van der Waals surface area contributed by atoms with Crippen molar-refractivity contribution in [3.05, 3.63) is 0 Å². The highest BCUT2D eigenvalue weighted by molar-refractivity contribution is 4.67. The molecule has 0 aliphatic heterocycles. The topological polar surface area (TPSA) is 0 Å². The number of hydrogen-bond acceptors (Lipinski definition) is 0. The largest absolute Gasteiger partial charge is 1.00 e. The molecule has 0 rings (SSSR count). The first-order valence-electron chi connectivity index (χ1n) is 5.68. The molecule has 0 fully saturated rings. The molecule has 14 heavy (non-hydrogen) atoms. The predicted molar refractivity (Wildman–Crippen MR) is 60.8 cm³/mol. The highest BCUT2D eigenvalue weighted by Crippen LogP contribution is 2.28. The Balaban J connectivity index is 0. The fourth-order valence-corrected chi connectivity index (χ4v) is 2.37. The van der Waals surface area contributed by atoms with E-state index < -0.39 is 0 Å². The fraction of sp³-hybridized carbons (Fsp3) is 1.00. The van der Waals surface area contributed by atoms with E-state index in [-0.39, 0.29) is 12.4 Å². The summed E-state index contributed by atoms with van der Waals surface area (Å²) in [5, 5.41) is 0. The molecule has 0 spiro atoms. The van der Waals surface area contributed by atoms with Gasteiger partial charge in [0.15, 0.2) is 0 Å². The molecule has 0 saturated heterocycles. The SMILES string of the molecule is CCC(CC)[N+](C)(CC)C(C)(C)C.[Cl-]. The van der Waals surface area contributed by atoms with Gasteiger partial charge in [-0.05, 0) is 40.5 Å². The number of nitrogens with zero attached hydrogens (tertiary/aromatic N) is 1. The number of rotatable bonds is 4. The second-order valence-corrected chi connectivity index (χ2v) is 5.23. The molecule has 0 aromatic rings. The van der Waals surface area contributed by atoms with Crippen molar-refractivity contribution in [3.63, 3.8) is 0 Å². The Morgan fingerprint density at radius 3 is 1.43 bits per heavy atom. The first kappa shape index (κ1) is 16.7. The molecule has 0 heterocycles. The van der Waals surface area contributed by atoms with Crippen molar-refractivity contribution in [1.29, 1.82) is 0 Å². The van der Waals surface area contributed by atoms with Gasteiger partial charge < -0.3 is 16.9 Å². The zero-order valence-corrected chi connectivity index (χ0v) is 11.8. The van der Waals surface area contributed by atoms with Gasteiger partial charge in [0, 0.05) is 0 Å². The molecule has 1 nitrogen and oxygen atoms in total. The van der Waals surface area contributed by atoms with Crippen molar-refractivity contribution in [2.75, 3.05) is 13.6 Å². The lowest BCUT2D eigenvalue weighted by atomic mass is 9.95. The Morgan fingerprint density at radius 1 is 1.00 bits per heavy atom. The van der Waals surface area contributed by atoms with E-state index in [0.29, 0.717) is 5.54 Å². The summed E-state index contributed by atoms with van der Waals surface area (Å²) in [7, 11) is 2.40. The second kappa shape index (κ2) is 5.97. The highest BCUT2D eigenvalue weighted by atomic mass is 35.5. The van der Waals surface area contributed by atoms with Crippen LogP contribution in [0, 0.1) is 0 Å². The summed E-state index contributed by atoms with van der Waals surface area (Å²) in [6, 6.07) is 0.810. The van der Waals surface area contributed by atoms with Crippen LogP contribution < -0.4 is 12.4 Å². The van der Waals surface area contributed by atoms with Crippen LogP contribution in [0.5, 0.6) is 0 Å². The molecule has 0 aliphatic carbocycles. The zero-order valence-electron chi connectivity index (χ0n) is 11.0. The summed E-state index contributed by atoms with van der Waals surface area (Å²) in [4.78, 5) is 0. The third kappa shape index (κ3) is 3.13. The van der Waals surface area contributed by atoms with Gasteiger partial charge in [-0.15, -0.1) is 0 Å². The average molecular weight is 222 g/mol. The Bertz CT molecular complexity index is 147. The van der Waals surface area contributed by atoms with Crippen LogP contribution in [0.15, 0.2) is 0 Å². The van der Waals surface area contributed by atoms with E-state index in [1.807, 2.05) is 0 Å². The molecular weight excluding hydrogens is 194 g/mol. The van der Waals surface area contributed by atoms with Crippen molar-refractivity contribution < 1.29 is 16.9 Å². The van der Waals surface area contributed by atoms with Crippen molar-refractivity contribution in [3.8, 4) is 0 Å². The smallest absolute Gasteiger partial charge is 0.0907 e. The van der Waals surface area contributed by atoms with E-state index in [0.717, 1.165) is 6.04 Å². The van der Waals surface area contributed by atoms with Crippen LogP contribution >= 0.6 is 0 Å². The van der Waals surface area contributed by atoms with Crippen LogP contribution in [-0.2, 0) is 0 Å². The molecule has 0 aromatic heterocycles. The molecule has 0 N–H and O–H groups in total. The van der Waals surface area contributed by atoms with Crippen molar-refractivity contribution in [1.82, 2.24) is 0 Å². The summed E-state index contributed by atoms with van der Waals surface area (Å²) < 4.78 is 1.19. The number of hydrogen-bond donors (Lipinski definition) is 0. The number of quaternary nitrogens is 1. The summed E-state index contributed by atoms with van der Waals surface area (Å²) in [5.74, 6) is 0. The van der Waals surface area contributed by atoms with E-state index in [9.17, 15) is 0 Å². The van der Waals surface area contributed by atoms with E-state index >= 15 is 0 Å². The Labute approximate surface area is 96.9 Å². The highest BCUT2D eigenvalue weighted by Gasteiger charge is 2.39. The first-order chi connectivity index (χ1) is 5.83. The predicted octanol–water partition coefficient (Wildman–Crippen LogP) is 0.444. The molecule has 0 amide bonds. The van der Waals surface area contributed by atoms with Crippen LogP contribution in [0.4, 0.5) is 0 Å². The Kier molecular flexibility index (Phi) is 7.11. The van der Waals surface area contributed by atoms with Gasteiger partial charge in [-0.3, -0.25) is 0 Å². The van der Waals surface area contributed by atoms with Gasteiger partial charge in [0.05, 0.1) is 25.2 Å². The molecule has 0 saturated carbocycles. The maximum Gasteiger partial charge on any atom is 0.0907 e. The monoisotopic (exact) mass is 221 g/mol. The van der Waals surface area contributed by atoms with Gasteiger partial charge in [0.25, 0.3) is 0 Å². The molecule has 0 bridgehead atoms. The van der Waals surface area contributed by atoms with Crippen LogP contribution in [0.25, 0.3) is 0 Å². The van der Waals surface area contributed by atoms with Crippen LogP contribution in [0.1, 0.15) is 54.4 Å². The maximum absolute atomic E-state index is 2.40. The van der Waals surface area contributed by atoms with Crippen molar-refractivity contribution in [2.45, 2.75) is 66.0 Å². The summed E-state index contributed by atoms with van der Waals surface area (Å²) in [6.45, 7) is 15.2. The lowest BCUT2D eigenvalue weighted by molar-refractivity contribution is -0.974. The van der Waals surface area contributed by atoms with Gasteiger partial charge >= 0.3 is 0 Å². The standard InChI is InChI=1S/C12H28N.ClH/c1-8-11(9-2)13(7,10-3)12(4,5)6;/h11H,8-10H2,1-7H3;1H/q+1;/p-1. The lowest BCUT2D eigenvalue weighted by Gasteiger charge is -2.50. The van der Waals surface area contributed by atoms with E-state index in [1.165, 1.54) is 23.9 Å². The normalized spacial score (nSPS) is 16.3. The minimum atomic E-state index is 0. The fourth-order valence-electron chi connectivity index (χ4n) is 2.37. The molecule has 1 atom stereocenters. The van der Waals surface area contributed by atoms with Gasteiger partial charge in [0.1, 0.15) is 0 Å². The molecule has 2 heteroatoms. The Hall–Kier alpha value is 0.250. The summed E-state index contributed by atoms with van der Waals surface area (Å²) >= 11 is 0. The molecule has 0 aromatic carbocycles. The summed E-state index contributed by atoms with van der Waals surface area (Å²) in [6.07, 6.45) is 2.58. The van der Waals surface area contributed by atoms with Gasteiger partial charge in [-0.2, -0.15) is 0 Å². The Morgan fingerprint density at radius 2 is 1.36 bits per heavy atom. The van der Waals surface area contributed by atoms with E-state index in [4.69, 9.17) is 0 Å². The number of halogens is 1. The molecule has 1 unspecified atom stereocenters. The first-order valence-corrected chi connectivity index (χ1v) is 5.68. The quantitative estimate of drug-likeness (QED) is 0.605. The maximum atomic E-state index is 2.40. The van der Waals surface area contributed by atoms with Crippen LogP contribution in [0.2, 0.25) is 0 Å². The third-order valence-electron chi connectivity index (χ3n) is 3.94. The van der Waals surface area contributed by atoms with Crippen LogP contribution in [-0.4, -0.2) is 29.7 Å². The summed E-state index contributed by atoms with van der Waals surface area (Å²) in [5.41, 5.74) is 0.367. The average Bonchev–Trinajstić information content (AvgIpc) is 2.04. The van der Waals surface area contributed by atoms with Gasteiger partial charge in [-0.25, -0.2) is 0 Å². The molecular formula is C12H28ClN. The zero-order chi connectivity index (χ0) is 10.7. The second-order valence-electron chi connectivity index (χ2n) is 5.23. The molecule has 88 valence electrons. The van der Waals surface area contributed by atoms with Crippen LogP contribution in [0.3, 0.4) is 0 Å². The van der Waals surface area contributed by atoms with E-state index in [2.05, 4.69) is 48.6 Å². The molecule has 0 radical (unpaired) electrons. The van der Waals surface area contributed by atoms with Crippen molar-refractivity contribution >= 4 is 0 Å². The molecule has 0 aliphatic rings. The minimum Gasteiger partial charge on any atom is -1.00 e. The van der Waals surface area contributed by atoms with E-state index in [1.54, 1.807) is 0 Å². The minimum absolute atomic E-state index is 0. The third-order valence-corrected chi connectivity index (χ3v) is 3.94. The van der Waals surface area contributed by atoms with Crippen molar-refractivity contribution in [2.24, 2.45) is 0 Å². The van der Waals surface area contributed by atoms with Gasteiger partial charge in [-0.1, -0.05) is 13.8 Å². The van der Waals surface area contributed by atoms with Gasteiger partial charge in [0.2, 0.25) is 0 Å².